The van der Waals surface area contributed by atoms with Gasteiger partial charge in [-0.25, -0.2) is 5.43 Å². The van der Waals surface area contributed by atoms with Gasteiger partial charge in [-0.2, -0.15) is 5.10 Å². The van der Waals surface area contributed by atoms with E-state index in [0.717, 1.165) is 40.5 Å². The summed E-state index contributed by atoms with van der Waals surface area (Å²) in [6.07, 6.45) is 0. The fourth-order valence-corrected chi connectivity index (χ4v) is 4.11. The monoisotopic (exact) mass is 393 g/mol. The Kier molecular flexibility index (Phi) is 3.50. The van der Waals surface area contributed by atoms with E-state index in [4.69, 9.17) is 4.74 Å². The molecule has 128 valence electrons. The first-order chi connectivity index (χ1) is 11.4. The minimum Gasteiger partial charge on any atom is -0.483 e. The molecule has 3 aliphatic heterocycles. The zero-order chi connectivity index (χ0) is 17.1. The summed E-state index contributed by atoms with van der Waals surface area (Å²) in [5.74, 6) is 1.36. The van der Waals surface area contributed by atoms with Crippen molar-refractivity contribution >= 4 is 39.0 Å². The summed E-state index contributed by atoms with van der Waals surface area (Å²) in [5.41, 5.74) is 4.45. The van der Waals surface area contributed by atoms with E-state index >= 15 is 0 Å². The number of nitrogens with one attached hydrogen (secondary N) is 2. The van der Waals surface area contributed by atoms with Crippen LogP contribution in [0, 0.1) is 0 Å². The number of nitrogens with zero attached hydrogens (tertiary/aromatic N) is 3. The highest BCUT2D eigenvalue weighted by Gasteiger charge is 2.38. The Morgan fingerprint density at radius 2 is 2.21 bits per heavy atom. The summed E-state index contributed by atoms with van der Waals surface area (Å²) in [7, 11) is 2.11. The minimum atomic E-state index is -0.320. The van der Waals surface area contributed by atoms with Crippen LogP contribution >= 0.6 is 15.9 Å². The van der Waals surface area contributed by atoms with Crippen molar-refractivity contribution in [3.05, 3.63) is 16.6 Å². The molecule has 1 aromatic rings. The highest BCUT2D eigenvalue weighted by atomic mass is 79.9. The number of ether oxygens (including phenoxy) is 1. The molecule has 0 aromatic heterocycles. The first-order valence-electron chi connectivity index (χ1n) is 7.95. The van der Waals surface area contributed by atoms with Gasteiger partial charge in [-0.3, -0.25) is 4.79 Å². The van der Waals surface area contributed by atoms with E-state index in [9.17, 15) is 4.79 Å². The molecule has 0 saturated carbocycles. The summed E-state index contributed by atoms with van der Waals surface area (Å²) in [6, 6.07) is 3.67. The van der Waals surface area contributed by atoms with Gasteiger partial charge in [0.1, 0.15) is 18.4 Å². The molecule has 8 heteroatoms. The van der Waals surface area contributed by atoms with Gasteiger partial charge in [0.05, 0.1) is 16.9 Å². The molecule has 3 heterocycles. The number of amidine groups is 1. The Labute approximate surface area is 149 Å². The van der Waals surface area contributed by atoms with Crippen molar-refractivity contribution in [2.45, 2.75) is 25.4 Å². The van der Waals surface area contributed by atoms with Crippen molar-refractivity contribution in [1.82, 2.24) is 10.3 Å². The number of hydrogen-bond acceptors (Lipinski definition) is 6. The minimum absolute atomic E-state index is 0.0445. The number of amides is 1. The van der Waals surface area contributed by atoms with Crippen LogP contribution in [0.4, 0.5) is 11.4 Å². The molecule has 0 aliphatic carbocycles. The number of likely N-dealkylation sites (tertiary alicyclic amines) is 1. The molecular formula is C16H20BrN5O2. The third-order valence-corrected chi connectivity index (χ3v) is 5.34. The van der Waals surface area contributed by atoms with E-state index < -0.39 is 0 Å². The average Bonchev–Trinajstić information content (AvgIpc) is 2.50. The summed E-state index contributed by atoms with van der Waals surface area (Å²) in [5, 5.41) is 7.74. The van der Waals surface area contributed by atoms with Crippen LogP contribution in [-0.2, 0) is 4.79 Å². The number of halogens is 1. The standard InChI is InChI=1S/C16H20BrN5O2/c1-9-15(23)20-19-14-6-24-13-4-10(17)11(5-12(13)22(9)14)18-16(2)7-21(3)8-16/h4-5,9,18H,6-8H2,1-3H3,(H,20,23). The number of benzene rings is 1. The maximum atomic E-state index is 12.0. The third-order valence-electron chi connectivity index (χ3n) is 4.68. The molecular weight excluding hydrogens is 374 g/mol. The molecule has 24 heavy (non-hydrogen) atoms. The Bertz CT molecular complexity index is 744. The number of hydrogen-bond donors (Lipinski definition) is 2. The average molecular weight is 394 g/mol. The molecule has 1 amide bonds. The number of rotatable bonds is 2. The number of hydrazone groups is 1. The molecule has 1 aromatic carbocycles. The lowest BCUT2D eigenvalue weighted by Crippen LogP contribution is -2.62. The summed E-state index contributed by atoms with van der Waals surface area (Å²) in [6.45, 7) is 6.40. The van der Waals surface area contributed by atoms with E-state index in [1.807, 2.05) is 24.0 Å². The lowest BCUT2D eigenvalue weighted by Gasteiger charge is -2.47. The van der Waals surface area contributed by atoms with Crippen LogP contribution in [0.1, 0.15) is 13.8 Å². The molecule has 2 N–H and O–H groups in total. The van der Waals surface area contributed by atoms with Gasteiger partial charge in [0.15, 0.2) is 5.84 Å². The molecule has 1 unspecified atom stereocenters. The summed E-state index contributed by atoms with van der Waals surface area (Å²) in [4.78, 5) is 16.2. The molecule has 1 fully saturated rings. The van der Waals surface area contributed by atoms with Gasteiger partial charge in [-0.15, -0.1) is 0 Å². The van der Waals surface area contributed by atoms with Crippen molar-refractivity contribution in [3.8, 4) is 5.75 Å². The predicted octanol–water partition coefficient (Wildman–Crippen LogP) is 1.60. The maximum Gasteiger partial charge on any atom is 0.262 e. The fraction of sp³-hybridized carbons (Fsp3) is 0.500. The number of carbonyl (C=O) groups is 1. The zero-order valence-electron chi connectivity index (χ0n) is 13.9. The van der Waals surface area contributed by atoms with E-state index in [1.165, 1.54) is 0 Å². The highest BCUT2D eigenvalue weighted by Crippen LogP contribution is 2.42. The van der Waals surface area contributed by atoms with Gasteiger partial charge in [0.2, 0.25) is 0 Å². The van der Waals surface area contributed by atoms with Crippen molar-refractivity contribution in [3.63, 3.8) is 0 Å². The Hall–Kier alpha value is -1.80. The lowest BCUT2D eigenvalue weighted by atomic mass is 9.92. The molecule has 1 atom stereocenters. The maximum absolute atomic E-state index is 12.0. The van der Waals surface area contributed by atoms with E-state index in [0.29, 0.717) is 6.61 Å². The van der Waals surface area contributed by atoms with Crippen molar-refractivity contribution in [2.24, 2.45) is 5.10 Å². The largest absolute Gasteiger partial charge is 0.483 e. The fourth-order valence-electron chi connectivity index (χ4n) is 3.69. The summed E-state index contributed by atoms with van der Waals surface area (Å²) >= 11 is 3.63. The molecule has 0 spiro atoms. The van der Waals surface area contributed by atoms with E-state index in [1.54, 1.807) is 0 Å². The van der Waals surface area contributed by atoms with Crippen LogP contribution in [0.25, 0.3) is 0 Å². The zero-order valence-corrected chi connectivity index (χ0v) is 15.5. The van der Waals surface area contributed by atoms with Crippen molar-refractivity contribution in [2.75, 3.05) is 37.0 Å². The predicted molar refractivity (Wildman–Crippen MR) is 96.7 cm³/mol. The van der Waals surface area contributed by atoms with Gasteiger partial charge in [-0.05, 0) is 49.0 Å². The molecule has 7 nitrogen and oxygen atoms in total. The SMILES string of the molecule is CC1C(=O)NN=C2COc3cc(Br)c(NC4(C)CN(C)C4)cc3N21. The van der Waals surface area contributed by atoms with Crippen LogP contribution in [0.15, 0.2) is 21.7 Å². The quantitative estimate of drug-likeness (QED) is 0.798. The number of anilines is 2. The molecule has 0 radical (unpaired) electrons. The van der Waals surface area contributed by atoms with Crippen LogP contribution in [0.3, 0.4) is 0 Å². The van der Waals surface area contributed by atoms with Crippen LogP contribution in [0.2, 0.25) is 0 Å². The molecule has 1 saturated heterocycles. The van der Waals surface area contributed by atoms with Crippen LogP contribution in [-0.4, -0.2) is 55.0 Å². The topological polar surface area (TPSA) is 69.2 Å². The van der Waals surface area contributed by atoms with Gasteiger partial charge in [0, 0.05) is 17.6 Å². The molecule has 0 bridgehead atoms. The van der Waals surface area contributed by atoms with Gasteiger partial charge in [-0.1, -0.05) is 0 Å². The third kappa shape index (κ3) is 2.44. The Morgan fingerprint density at radius 3 is 2.92 bits per heavy atom. The van der Waals surface area contributed by atoms with Gasteiger partial charge >= 0.3 is 0 Å². The second kappa shape index (κ2) is 5.35. The lowest BCUT2D eigenvalue weighted by molar-refractivity contribution is -0.122. The number of carbonyl (C=O) groups excluding carboxylic acids is 1. The van der Waals surface area contributed by atoms with E-state index in [2.05, 4.69) is 50.6 Å². The summed E-state index contributed by atoms with van der Waals surface area (Å²) < 4.78 is 6.76. The highest BCUT2D eigenvalue weighted by molar-refractivity contribution is 9.10. The van der Waals surface area contributed by atoms with Crippen LogP contribution in [0.5, 0.6) is 5.75 Å². The normalized spacial score (nSPS) is 24.8. The first-order valence-corrected chi connectivity index (χ1v) is 8.74. The Morgan fingerprint density at radius 1 is 1.46 bits per heavy atom. The number of fused-ring (bicyclic) bond motifs is 3. The first kappa shape index (κ1) is 15.7. The van der Waals surface area contributed by atoms with Crippen LogP contribution < -0.4 is 20.4 Å². The number of likely N-dealkylation sites (N-methyl/N-ethyl adjacent to an activating group) is 1. The second-order valence-electron chi connectivity index (χ2n) is 7.00. The second-order valence-corrected chi connectivity index (χ2v) is 7.85. The van der Waals surface area contributed by atoms with E-state index in [-0.39, 0.29) is 17.5 Å². The smallest absolute Gasteiger partial charge is 0.262 e. The van der Waals surface area contributed by atoms with Gasteiger partial charge < -0.3 is 19.9 Å². The van der Waals surface area contributed by atoms with Crippen molar-refractivity contribution < 1.29 is 9.53 Å². The molecule has 3 aliphatic rings. The Balaban J connectivity index is 1.71. The molecule has 4 rings (SSSR count). The van der Waals surface area contributed by atoms with Crippen molar-refractivity contribution in [1.29, 1.82) is 0 Å². The van der Waals surface area contributed by atoms with Gasteiger partial charge in [0.25, 0.3) is 5.91 Å².